The number of anilines is 1. The van der Waals surface area contributed by atoms with E-state index in [1.807, 2.05) is 0 Å². The normalized spacial score (nSPS) is 13.5. The third kappa shape index (κ3) is 2.79. The number of fused-ring (bicyclic) bond motifs is 2. The van der Waals surface area contributed by atoms with Gasteiger partial charge in [0.15, 0.2) is 0 Å². The summed E-state index contributed by atoms with van der Waals surface area (Å²) in [6.07, 6.45) is 3.44. The second-order valence-electron chi connectivity index (χ2n) is 6.51. The van der Waals surface area contributed by atoms with Crippen molar-refractivity contribution >= 4 is 28.7 Å². The molecule has 0 saturated carbocycles. The standard InChI is InChI=1S/C19H19N5O3/c1-11-22-16-4-3-13(20)7-17(16)24(11)18(25)15-9-21-8-12-10-23(19(26)27-2)6-5-14(12)15/h3-4,7-9H,5-6,10,20H2,1-2H3. The molecule has 0 fully saturated rings. The summed E-state index contributed by atoms with van der Waals surface area (Å²) in [6, 6.07) is 5.31. The highest BCUT2D eigenvalue weighted by Crippen LogP contribution is 2.25. The van der Waals surface area contributed by atoms with E-state index in [4.69, 9.17) is 10.5 Å². The molecule has 138 valence electrons. The molecule has 2 aromatic heterocycles. The molecule has 8 heteroatoms. The van der Waals surface area contributed by atoms with Crippen LogP contribution in [0.1, 0.15) is 27.3 Å². The van der Waals surface area contributed by atoms with Crippen LogP contribution in [-0.2, 0) is 17.7 Å². The molecule has 8 nitrogen and oxygen atoms in total. The lowest BCUT2D eigenvalue weighted by Crippen LogP contribution is -2.36. The van der Waals surface area contributed by atoms with Gasteiger partial charge in [0, 0.05) is 24.6 Å². The quantitative estimate of drug-likeness (QED) is 0.663. The van der Waals surface area contributed by atoms with Crippen LogP contribution in [-0.4, -0.2) is 45.1 Å². The van der Waals surface area contributed by atoms with Gasteiger partial charge < -0.3 is 15.4 Å². The molecular formula is C19H19N5O3. The van der Waals surface area contributed by atoms with Crippen molar-refractivity contribution < 1.29 is 14.3 Å². The van der Waals surface area contributed by atoms with Gasteiger partial charge in [0.2, 0.25) is 0 Å². The van der Waals surface area contributed by atoms with Gasteiger partial charge in [-0.1, -0.05) is 0 Å². The molecule has 0 saturated heterocycles. The average Bonchev–Trinajstić information content (AvgIpc) is 3.00. The Morgan fingerprint density at radius 1 is 1.26 bits per heavy atom. The monoisotopic (exact) mass is 365 g/mol. The van der Waals surface area contributed by atoms with Crippen LogP contribution < -0.4 is 5.73 Å². The summed E-state index contributed by atoms with van der Waals surface area (Å²) in [5.74, 6) is 0.390. The third-order valence-corrected chi connectivity index (χ3v) is 4.85. The Morgan fingerprint density at radius 3 is 2.85 bits per heavy atom. The van der Waals surface area contributed by atoms with Crippen molar-refractivity contribution in [3.63, 3.8) is 0 Å². The van der Waals surface area contributed by atoms with Gasteiger partial charge in [-0.25, -0.2) is 9.78 Å². The van der Waals surface area contributed by atoms with Crippen molar-refractivity contribution in [2.45, 2.75) is 19.9 Å². The number of hydrogen-bond donors (Lipinski definition) is 1. The minimum Gasteiger partial charge on any atom is -0.453 e. The molecular weight excluding hydrogens is 346 g/mol. The first-order valence-electron chi connectivity index (χ1n) is 8.57. The van der Waals surface area contributed by atoms with E-state index >= 15 is 0 Å². The first kappa shape index (κ1) is 17.0. The van der Waals surface area contributed by atoms with E-state index in [1.54, 1.807) is 47.0 Å². The van der Waals surface area contributed by atoms with E-state index in [0.717, 1.165) is 11.1 Å². The third-order valence-electron chi connectivity index (χ3n) is 4.85. The number of nitrogens with zero attached hydrogens (tertiary/aromatic N) is 4. The Morgan fingerprint density at radius 2 is 2.07 bits per heavy atom. The van der Waals surface area contributed by atoms with Crippen LogP contribution in [0.25, 0.3) is 11.0 Å². The van der Waals surface area contributed by atoms with Crippen molar-refractivity contribution in [3.05, 3.63) is 53.1 Å². The van der Waals surface area contributed by atoms with Gasteiger partial charge in [-0.15, -0.1) is 0 Å². The summed E-state index contributed by atoms with van der Waals surface area (Å²) in [4.78, 5) is 35.4. The van der Waals surface area contributed by atoms with Crippen LogP contribution in [0.5, 0.6) is 0 Å². The molecule has 1 aliphatic heterocycles. The van der Waals surface area contributed by atoms with Crippen molar-refractivity contribution in [1.29, 1.82) is 0 Å². The molecule has 0 radical (unpaired) electrons. The number of hydrogen-bond acceptors (Lipinski definition) is 6. The van der Waals surface area contributed by atoms with E-state index in [9.17, 15) is 9.59 Å². The lowest BCUT2D eigenvalue weighted by Gasteiger charge is -2.28. The van der Waals surface area contributed by atoms with Crippen LogP contribution in [0, 0.1) is 6.92 Å². The highest BCUT2D eigenvalue weighted by atomic mass is 16.5. The Bertz CT molecular complexity index is 1070. The first-order valence-corrected chi connectivity index (χ1v) is 8.57. The van der Waals surface area contributed by atoms with Crippen molar-refractivity contribution in [3.8, 4) is 0 Å². The fourth-order valence-electron chi connectivity index (χ4n) is 3.55. The molecule has 4 rings (SSSR count). The molecule has 3 aromatic rings. The van der Waals surface area contributed by atoms with E-state index < -0.39 is 0 Å². The Balaban J connectivity index is 1.78. The number of aryl methyl sites for hydroxylation is 1. The number of amides is 1. The predicted octanol–water partition coefficient (Wildman–Crippen LogP) is 2.13. The fourth-order valence-corrected chi connectivity index (χ4v) is 3.55. The van der Waals surface area contributed by atoms with Gasteiger partial charge in [0.05, 0.1) is 30.3 Å². The van der Waals surface area contributed by atoms with E-state index in [2.05, 4.69) is 9.97 Å². The number of imidazole rings is 1. The van der Waals surface area contributed by atoms with Crippen LogP contribution in [0.3, 0.4) is 0 Å². The Hall–Kier alpha value is -3.42. The molecule has 0 bridgehead atoms. The molecule has 2 N–H and O–H groups in total. The zero-order chi connectivity index (χ0) is 19.1. The zero-order valence-electron chi connectivity index (χ0n) is 15.1. The second-order valence-corrected chi connectivity index (χ2v) is 6.51. The smallest absolute Gasteiger partial charge is 0.409 e. The van der Waals surface area contributed by atoms with Crippen molar-refractivity contribution in [1.82, 2.24) is 19.4 Å². The number of benzene rings is 1. The van der Waals surface area contributed by atoms with Crippen LogP contribution >= 0.6 is 0 Å². The summed E-state index contributed by atoms with van der Waals surface area (Å²) in [6.45, 7) is 2.64. The van der Waals surface area contributed by atoms with Gasteiger partial charge in [-0.05, 0) is 42.7 Å². The lowest BCUT2D eigenvalue weighted by atomic mass is 9.97. The summed E-state index contributed by atoms with van der Waals surface area (Å²) in [5.41, 5.74) is 10.1. The SMILES string of the molecule is COC(=O)N1CCc2c(cncc2C(=O)n2c(C)nc3ccc(N)cc32)C1. The van der Waals surface area contributed by atoms with Gasteiger partial charge >= 0.3 is 6.09 Å². The number of aromatic nitrogens is 3. The maximum Gasteiger partial charge on any atom is 0.409 e. The van der Waals surface area contributed by atoms with E-state index in [-0.39, 0.29) is 12.0 Å². The maximum absolute atomic E-state index is 13.3. The molecule has 0 spiro atoms. The number of rotatable bonds is 1. The van der Waals surface area contributed by atoms with E-state index in [0.29, 0.717) is 47.6 Å². The summed E-state index contributed by atoms with van der Waals surface area (Å²) in [5, 5.41) is 0. The summed E-state index contributed by atoms with van der Waals surface area (Å²) < 4.78 is 6.36. The number of ether oxygens (including phenoxy) is 1. The molecule has 1 aromatic carbocycles. The van der Waals surface area contributed by atoms with Crippen LogP contribution in [0.2, 0.25) is 0 Å². The highest BCUT2D eigenvalue weighted by molar-refractivity contribution is 6.03. The number of nitrogens with two attached hydrogens (primary N) is 1. The molecule has 0 unspecified atom stereocenters. The zero-order valence-corrected chi connectivity index (χ0v) is 15.1. The Kier molecular flexibility index (Phi) is 4.02. The minimum atomic E-state index is -0.385. The van der Waals surface area contributed by atoms with Crippen molar-refractivity contribution in [2.24, 2.45) is 0 Å². The second kappa shape index (κ2) is 6.39. The predicted molar refractivity (Wildman–Crippen MR) is 99.4 cm³/mol. The van der Waals surface area contributed by atoms with Crippen molar-refractivity contribution in [2.75, 3.05) is 19.4 Å². The molecule has 3 heterocycles. The van der Waals surface area contributed by atoms with Gasteiger partial charge in [0.25, 0.3) is 5.91 Å². The molecule has 0 aliphatic carbocycles. The molecule has 27 heavy (non-hydrogen) atoms. The number of carbonyl (C=O) groups excluding carboxylic acids is 2. The van der Waals surface area contributed by atoms with E-state index in [1.165, 1.54) is 7.11 Å². The minimum absolute atomic E-state index is 0.198. The number of methoxy groups -OCH3 is 1. The number of pyridine rings is 1. The maximum atomic E-state index is 13.3. The fraction of sp³-hybridized carbons (Fsp3) is 0.263. The molecule has 1 aliphatic rings. The number of carbonyl (C=O) groups is 2. The average molecular weight is 365 g/mol. The highest BCUT2D eigenvalue weighted by Gasteiger charge is 2.27. The number of nitrogen functional groups attached to an aromatic ring is 1. The van der Waals surface area contributed by atoms with Crippen LogP contribution in [0.15, 0.2) is 30.6 Å². The lowest BCUT2D eigenvalue weighted by molar-refractivity contribution is 0.0959. The summed E-state index contributed by atoms with van der Waals surface area (Å²) >= 11 is 0. The van der Waals surface area contributed by atoms with Gasteiger partial charge in [0.1, 0.15) is 5.82 Å². The summed E-state index contributed by atoms with van der Waals surface area (Å²) in [7, 11) is 1.36. The topological polar surface area (TPSA) is 103 Å². The largest absolute Gasteiger partial charge is 0.453 e. The van der Waals surface area contributed by atoms with Gasteiger partial charge in [-0.3, -0.25) is 14.3 Å². The molecule has 1 amide bonds. The molecule has 0 atom stereocenters. The van der Waals surface area contributed by atoms with Crippen LogP contribution in [0.4, 0.5) is 10.5 Å². The first-order chi connectivity index (χ1) is 13.0. The van der Waals surface area contributed by atoms with Gasteiger partial charge in [-0.2, -0.15) is 0 Å². The Labute approximate surface area is 155 Å².